The molecule has 1 atom stereocenters. The predicted octanol–water partition coefficient (Wildman–Crippen LogP) is 2.64. The van der Waals surface area contributed by atoms with Crippen LogP contribution in [0, 0.1) is 0 Å². The highest BCUT2D eigenvalue weighted by Crippen LogP contribution is 2.35. The second-order valence-corrected chi connectivity index (χ2v) is 5.75. The van der Waals surface area contributed by atoms with Crippen LogP contribution in [0.4, 0.5) is 4.79 Å². The monoisotopic (exact) mass is 420 g/mol. The van der Waals surface area contributed by atoms with Crippen molar-refractivity contribution in [3.8, 4) is 5.75 Å². The van der Waals surface area contributed by atoms with Gasteiger partial charge in [-0.1, -0.05) is 0 Å². The second kappa shape index (κ2) is 8.14. The molecule has 6 nitrogen and oxygen atoms in total. The molecule has 0 bridgehead atoms. The van der Waals surface area contributed by atoms with Gasteiger partial charge in [0.25, 0.3) is 5.91 Å². The van der Waals surface area contributed by atoms with Gasteiger partial charge in [-0.15, -0.1) is 0 Å². The van der Waals surface area contributed by atoms with Crippen LogP contribution in [0.1, 0.15) is 24.2 Å². The molecule has 3 amide bonds. The van der Waals surface area contributed by atoms with E-state index in [0.29, 0.717) is 33.1 Å². The number of amides is 3. The maximum absolute atomic E-state index is 11.8. The molecule has 0 radical (unpaired) electrons. The number of rotatable bonds is 5. The third kappa shape index (κ3) is 5.13. The van der Waals surface area contributed by atoms with E-state index < -0.39 is 18.0 Å². The fourth-order valence-electron chi connectivity index (χ4n) is 1.41. The number of benzene rings is 1. The van der Waals surface area contributed by atoms with Gasteiger partial charge >= 0.3 is 6.03 Å². The third-order valence-electron chi connectivity index (χ3n) is 2.39. The molecule has 8 heteroatoms. The molecule has 0 aliphatic heterocycles. The van der Waals surface area contributed by atoms with E-state index in [1.165, 1.54) is 6.92 Å². The van der Waals surface area contributed by atoms with Crippen LogP contribution in [0.2, 0.25) is 0 Å². The molecule has 114 valence electrons. The number of urea groups is 1. The molecule has 1 aromatic carbocycles. The van der Waals surface area contributed by atoms with Gasteiger partial charge in [-0.25, -0.2) is 4.79 Å². The SMILES string of the molecule is CCNC(=O)NC(=O)C(C)Oc1c(Br)cc(C=O)cc1Br. The van der Waals surface area contributed by atoms with Crippen LogP contribution in [0.3, 0.4) is 0 Å². The zero-order valence-corrected chi connectivity index (χ0v) is 14.6. The average molecular weight is 422 g/mol. The molecule has 1 aromatic rings. The molecule has 2 N–H and O–H groups in total. The summed E-state index contributed by atoms with van der Waals surface area (Å²) in [5.41, 5.74) is 0.459. The van der Waals surface area contributed by atoms with Crippen molar-refractivity contribution in [1.29, 1.82) is 0 Å². The van der Waals surface area contributed by atoms with E-state index in [2.05, 4.69) is 42.5 Å². The highest BCUT2D eigenvalue weighted by molar-refractivity contribution is 9.11. The Hall–Kier alpha value is -1.41. The summed E-state index contributed by atoms with van der Waals surface area (Å²) in [7, 11) is 0. The van der Waals surface area contributed by atoms with Crippen molar-refractivity contribution < 1.29 is 19.1 Å². The van der Waals surface area contributed by atoms with Crippen molar-refractivity contribution in [2.24, 2.45) is 0 Å². The number of carbonyl (C=O) groups excluding carboxylic acids is 3. The Bertz CT molecular complexity index is 540. The number of imide groups is 1. The van der Waals surface area contributed by atoms with Crippen LogP contribution in [-0.4, -0.2) is 30.9 Å². The summed E-state index contributed by atoms with van der Waals surface area (Å²) in [6.07, 6.45) is -0.188. The van der Waals surface area contributed by atoms with Crippen LogP contribution in [0.15, 0.2) is 21.1 Å². The van der Waals surface area contributed by atoms with E-state index in [1.54, 1.807) is 19.1 Å². The van der Waals surface area contributed by atoms with Gasteiger partial charge in [-0.2, -0.15) is 0 Å². The van der Waals surface area contributed by atoms with Crippen LogP contribution in [0.5, 0.6) is 5.75 Å². The smallest absolute Gasteiger partial charge is 0.321 e. The molecule has 0 heterocycles. The minimum absolute atomic E-state index is 0.374. The zero-order chi connectivity index (χ0) is 16.0. The first-order valence-corrected chi connectivity index (χ1v) is 7.67. The van der Waals surface area contributed by atoms with Gasteiger partial charge in [0, 0.05) is 12.1 Å². The van der Waals surface area contributed by atoms with Crippen molar-refractivity contribution in [3.05, 3.63) is 26.6 Å². The normalized spacial score (nSPS) is 11.4. The van der Waals surface area contributed by atoms with Gasteiger partial charge in [0.05, 0.1) is 8.95 Å². The summed E-state index contributed by atoms with van der Waals surface area (Å²) >= 11 is 6.53. The Kier molecular flexibility index (Phi) is 6.83. The quantitative estimate of drug-likeness (QED) is 0.715. The maximum atomic E-state index is 11.8. The van der Waals surface area contributed by atoms with Crippen molar-refractivity contribution in [3.63, 3.8) is 0 Å². The molecule has 0 spiro atoms. The minimum Gasteiger partial charge on any atom is -0.479 e. The first-order chi connectivity index (χ1) is 9.88. The lowest BCUT2D eigenvalue weighted by atomic mass is 10.2. The maximum Gasteiger partial charge on any atom is 0.321 e. The summed E-state index contributed by atoms with van der Waals surface area (Å²) in [4.78, 5) is 33.8. The molecule has 21 heavy (non-hydrogen) atoms. The second-order valence-electron chi connectivity index (χ2n) is 4.04. The summed E-state index contributed by atoms with van der Waals surface area (Å²) in [6.45, 7) is 3.67. The van der Waals surface area contributed by atoms with Crippen LogP contribution in [-0.2, 0) is 4.79 Å². The van der Waals surface area contributed by atoms with E-state index in [1.807, 2.05) is 0 Å². The fraction of sp³-hybridized carbons (Fsp3) is 0.308. The van der Waals surface area contributed by atoms with Gasteiger partial charge in [0.2, 0.25) is 0 Å². The van der Waals surface area contributed by atoms with Crippen LogP contribution < -0.4 is 15.4 Å². The number of hydrogen-bond acceptors (Lipinski definition) is 4. The molecule has 0 aromatic heterocycles. The average Bonchev–Trinajstić information content (AvgIpc) is 2.42. The number of nitrogens with one attached hydrogen (secondary N) is 2. The largest absolute Gasteiger partial charge is 0.479 e. The first-order valence-electron chi connectivity index (χ1n) is 6.08. The third-order valence-corrected chi connectivity index (χ3v) is 3.57. The predicted molar refractivity (Wildman–Crippen MR) is 84.5 cm³/mol. The van der Waals surface area contributed by atoms with Gasteiger partial charge in [-0.3, -0.25) is 14.9 Å². The highest BCUT2D eigenvalue weighted by Gasteiger charge is 2.20. The number of ether oxygens (including phenoxy) is 1. The standard InChI is InChI=1S/C13H14Br2N2O4/c1-3-16-13(20)17-12(19)7(2)21-11-9(14)4-8(6-18)5-10(11)15/h4-7H,3H2,1-2H3,(H2,16,17,19,20). The molecular formula is C13H14Br2N2O4. The Labute approximate surface area is 138 Å². The number of halogens is 2. The van der Waals surface area contributed by atoms with E-state index in [9.17, 15) is 14.4 Å². The van der Waals surface area contributed by atoms with Gasteiger partial charge < -0.3 is 10.1 Å². The number of aldehydes is 1. The fourth-order valence-corrected chi connectivity index (χ4v) is 2.82. The lowest BCUT2D eigenvalue weighted by molar-refractivity contribution is -0.126. The molecule has 1 rings (SSSR count). The number of carbonyl (C=O) groups is 3. The minimum atomic E-state index is -0.887. The lowest BCUT2D eigenvalue weighted by Crippen LogP contribution is -2.45. The van der Waals surface area contributed by atoms with E-state index in [-0.39, 0.29) is 0 Å². The summed E-state index contributed by atoms with van der Waals surface area (Å²) < 4.78 is 6.56. The molecule has 0 saturated heterocycles. The van der Waals surface area contributed by atoms with Gasteiger partial charge in [-0.05, 0) is 57.8 Å². The Morgan fingerprint density at radius 2 is 1.90 bits per heavy atom. The molecule has 1 unspecified atom stereocenters. The molecule has 0 aliphatic carbocycles. The highest BCUT2D eigenvalue weighted by atomic mass is 79.9. The number of hydrogen-bond donors (Lipinski definition) is 2. The first kappa shape index (κ1) is 17.6. The van der Waals surface area contributed by atoms with Crippen molar-refractivity contribution in [2.75, 3.05) is 6.54 Å². The Morgan fingerprint density at radius 1 is 1.33 bits per heavy atom. The summed E-state index contributed by atoms with van der Waals surface area (Å²) in [5, 5.41) is 4.61. The van der Waals surface area contributed by atoms with E-state index in [0.717, 1.165) is 0 Å². The van der Waals surface area contributed by atoms with Crippen LogP contribution >= 0.6 is 31.9 Å². The van der Waals surface area contributed by atoms with Crippen molar-refractivity contribution >= 4 is 50.1 Å². The molecular weight excluding hydrogens is 408 g/mol. The summed E-state index contributed by atoms with van der Waals surface area (Å²) in [5.74, 6) is -0.196. The van der Waals surface area contributed by atoms with E-state index in [4.69, 9.17) is 4.74 Å². The van der Waals surface area contributed by atoms with Crippen LogP contribution in [0.25, 0.3) is 0 Å². The van der Waals surface area contributed by atoms with Crippen molar-refractivity contribution in [1.82, 2.24) is 10.6 Å². The molecule has 0 fully saturated rings. The lowest BCUT2D eigenvalue weighted by Gasteiger charge is -2.16. The Balaban J connectivity index is 2.79. The van der Waals surface area contributed by atoms with Gasteiger partial charge in [0.15, 0.2) is 6.10 Å². The Morgan fingerprint density at radius 3 is 2.38 bits per heavy atom. The summed E-state index contributed by atoms with van der Waals surface area (Å²) in [6, 6.07) is 2.57. The molecule has 0 saturated carbocycles. The molecule has 0 aliphatic rings. The topological polar surface area (TPSA) is 84.5 Å². The van der Waals surface area contributed by atoms with E-state index >= 15 is 0 Å². The zero-order valence-electron chi connectivity index (χ0n) is 11.4. The van der Waals surface area contributed by atoms with Gasteiger partial charge in [0.1, 0.15) is 12.0 Å². The van der Waals surface area contributed by atoms with Crippen molar-refractivity contribution in [2.45, 2.75) is 20.0 Å².